The van der Waals surface area contributed by atoms with E-state index < -0.39 is 5.97 Å². The van der Waals surface area contributed by atoms with Crippen molar-refractivity contribution in [1.82, 2.24) is 14.9 Å². The lowest BCUT2D eigenvalue weighted by Crippen LogP contribution is -2.21. The van der Waals surface area contributed by atoms with Gasteiger partial charge in [0, 0.05) is 28.0 Å². The summed E-state index contributed by atoms with van der Waals surface area (Å²) in [5.41, 5.74) is 1.77. The quantitative estimate of drug-likeness (QED) is 0.407. The Balaban J connectivity index is 2.03. The third kappa shape index (κ3) is 3.90. The zero-order chi connectivity index (χ0) is 20.1. The third-order valence-electron chi connectivity index (χ3n) is 4.31. The van der Waals surface area contributed by atoms with Crippen molar-refractivity contribution in [3.63, 3.8) is 0 Å². The average molecular weight is 376 g/mol. The predicted molar refractivity (Wildman–Crippen MR) is 108 cm³/mol. The number of pyridine rings is 1. The second-order valence-corrected chi connectivity index (χ2v) is 6.31. The summed E-state index contributed by atoms with van der Waals surface area (Å²) in [4.78, 5) is 35.6. The first-order valence-electron chi connectivity index (χ1n) is 8.90. The largest absolute Gasteiger partial charge is 0.462 e. The molecule has 7 heteroatoms. The maximum absolute atomic E-state index is 12.3. The van der Waals surface area contributed by atoms with E-state index in [0.29, 0.717) is 41.6 Å². The molecule has 0 unspecified atom stereocenters. The average Bonchev–Trinajstić information content (AvgIpc) is 3.13. The first kappa shape index (κ1) is 19.2. The minimum Gasteiger partial charge on any atom is -0.462 e. The maximum Gasteiger partial charge on any atom is 0.340 e. The number of hydrogen-bond acceptors (Lipinski definition) is 4. The summed E-state index contributed by atoms with van der Waals surface area (Å²) in [7, 11) is 1.92. The molecule has 0 aliphatic carbocycles. The molecule has 0 aliphatic rings. The third-order valence-corrected chi connectivity index (χ3v) is 4.31. The molecule has 7 nitrogen and oxygen atoms in total. The monoisotopic (exact) mass is 376 g/mol. The zero-order valence-corrected chi connectivity index (χ0v) is 15.8. The van der Waals surface area contributed by atoms with Crippen LogP contribution in [-0.2, 0) is 4.74 Å². The molecule has 2 N–H and O–H groups in total. The highest BCUT2D eigenvalue weighted by molar-refractivity contribution is 6.15. The van der Waals surface area contributed by atoms with Crippen LogP contribution >= 0.6 is 0 Å². The predicted octanol–water partition coefficient (Wildman–Crippen LogP) is 2.39. The van der Waals surface area contributed by atoms with Gasteiger partial charge in [-0.15, -0.1) is 0 Å². The number of nitrogens with one attached hydrogen (secondary N) is 2. The fourth-order valence-electron chi connectivity index (χ4n) is 2.95. The highest BCUT2D eigenvalue weighted by Gasteiger charge is 2.18. The summed E-state index contributed by atoms with van der Waals surface area (Å²) < 4.78 is 5.11. The lowest BCUT2D eigenvalue weighted by molar-refractivity contribution is 0.0529. The van der Waals surface area contributed by atoms with Crippen molar-refractivity contribution in [3.05, 3.63) is 57.3 Å². The van der Waals surface area contributed by atoms with Crippen molar-refractivity contribution in [3.8, 4) is 11.8 Å². The Morgan fingerprint density at radius 2 is 2.21 bits per heavy atom. The molecule has 0 radical (unpaired) electrons. The van der Waals surface area contributed by atoms with Crippen LogP contribution in [0, 0.1) is 18.4 Å². The Morgan fingerprint density at radius 3 is 2.96 bits per heavy atom. The van der Waals surface area contributed by atoms with Crippen molar-refractivity contribution in [1.29, 1.82) is 0 Å². The van der Waals surface area contributed by atoms with Gasteiger partial charge < -0.3 is 19.5 Å². The smallest absolute Gasteiger partial charge is 0.340 e. The maximum atomic E-state index is 12.3. The number of H-pyrrole nitrogens is 2. The standard InChI is InChI=1S/C21H20N4O3/c1-4-28-21(27)16-13-23-19-18(16)15-12-14(7-8-17(15)24-20(19)26)6-5-10-25(3)11-9-22-2/h7-8,12-13,23H,4,9-11H2,1,3H3,(H,24,26). The van der Waals surface area contributed by atoms with E-state index in [4.69, 9.17) is 11.3 Å². The Bertz CT molecular complexity index is 1190. The van der Waals surface area contributed by atoms with E-state index in [1.54, 1.807) is 13.0 Å². The first-order chi connectivity index (χ1) is 13.5. The second-order valence-electron chi connectivity index (χ2n) is 6.31. The van der Waals surface area contributed by atoms with E-state index >= 15 is 0 Å². The number of fused-ring (bicyclic) bond motifs is 3. The van der Waals surface area contributed by atoms with Crippen LogP contribution in [0.2, 0.25) is 0 Å². The van der Waals surface area contributed by atoms with E-state index in [2.05, 4.69) is 26.7 Å². The first-order valence-corrected chi connectivity index (χ1v) is 8.90. The number of aromatic nitrogens is 2. The van der Waals surface area contributed by atoms with Crippen LogP contribution in [0.4, 0.5) is 0 Å². The van der Waals surface area contributed by atoms with Crippen molar-refractivity contribution < 1.29 is 9.53 Å². The molecule has 28 heavy (non-hydrogen) atoms. The molecule has 3 rings (SSSR count). The van der Waals surface area contributed by atoms with Gasteiger partial charge in [-0.25, -0.2) is 11.4 Å². The van der Waals surface area contributed by atoms with E-state index in [9.17, 15) is 9.59 Å². The zero-order valence-electron chi connectivity index (χ0n) is 15.8. The second kappa shape index (κ2) is 8.43. The Morgan fingerprint density at radius 1 is 1.39 bits per heavy atom. The van der Waals surface area contributed by atoms with E-state index in [1.165, 1.54) is 6.20 Å². The number of benzene rings is 1. The molecule has 0 atom stereocenters. The molecule has 0 saturated heterocycles. The van der Waals surface area contributed by atoms with Crippen LogP contribution in [0.3, 0.4) is 0 Å². The molecule has 0 amide bonds. The molecule has 142 valence electrons. The molecule has 0 aliphatic heterocycles. The van der Waals surface area contributed by atoms with Gasteiger partial charge in [0.15, 0.2) is 0 Å². The molecule has 0 spiro atoms. The normalized spacial score (nSPS) is 10.6. The molecular weight excluding hydrogens is 356 g/mol. The van der Waals surface area contributed by atoms with Crippen molar-refractivity contribution >= 4 is 27.8 Å². The van der Waals surface area contributed by atoms with Gasteiger partial charge in [0.25, 0.3) is 5.56 Å². The number of esters is 1. The number of carbonyl (C=O) groups excluding carboxylic acids is 1. The molecule has 0 saturated carbocycles. The minimum atomic E-state index is -0.474. The SMILES string of the molecule is [C-]#[N+]CCN(C)CC#Cc1ccc2[nH]c(=O)c3[nH]cc(C(=O)OCC)c3c2c1. The van der Waals surface area contributed by atoms with Gasteiger partial charge in [-0.3, -0.25) is 9.69 Å². The number of ether oxygens (including phenoxy) is 1. The van der Waals surface area contributed by atoms with Crippen LogP contribution in [0.25, 0.3) is 26.7 Å². The Labute approximate surface area is 162 Å². The molecular formula is C21H20N4O3. The summed E-state index contributed by atoms with van der Waals surface area (Å²) in [5, 5.41) is 1.27. The van der Waals surface area contributed by atoms with Crippen LogP contribution in [0.1, 0.15) is 22.8 Å². The van der Waals surface area contributed by atoms with Crippen molar-refractivity contribution in [2.45, 2.75) is 6.92 Å². The van der Waals surface area contributed by atoms with Gasteiger partial charge in [0.05, 0.1) is 25.3 Å². The number of carbonyl (C=O) groups is 1. The molecule has 0 bridgehead atoms. The number of rotatable bonds is 5. The van der Waals surface area contributed by atoms with Crippen LogP contribution in [-0.4, -0.2) is 54.1 Å². The lowest BCUT2D eigenvalue weighted by Gasteiger charge is -2.07. The minimum absolute atomic E-state index is 0.254. The Kier molecular flexibility index (Phi) is 5.78. The molecule has 0 fully saturated rings. The summed E-state index contributed by atoms with van der Waals surface area (Å²) in [6, 6.07) is 5.47. The van der Waals surface area contributed by atoms with Crippen LogP contribution in [0.5, 0.6) is 0 Å². The van der Waals surface area contributed by atoms with E-state index in [-0.39, 0.29) is 12.2 Å². The highest BCUT2D eigenvalue weighted by Crippen LogP contribution is 2.26. The summed E-state index contributed by atoms with van der Waals surface area (Å²) in [6.07, 6.45) is 1.50. The van der Waals surface area contributed by atoms with Gasteiger partial charge in [-0.1, -0.05) is 11.8 Å². The van der Waals surface area contributed by atoms with Gasteiger partial charge in [0.1, 0.15) is 5.52 Å². The number of aromatic amines is 2. The summed E-state index contributed by atoms with van der Waals surface area (Å²) in [5.74, 6) is 5.72. The molecule has 1 aromatic carbocycles. The lowest BCUT2D eigenvalue weighted by atomic mass is 10.0. The summed E-state index contributed by atoms with van der Waals surface area (Å²) in [6.45, 7) is 10.5. The van der Waals surface area contributed by atoms with E-state index in [0.717, 1.165) is 10.9 Å². The molecule has 3 aromatic rings. The van der Waals surface area contributed by atoms with Gasteiger partial charge in [-0.2, -0.15) is 0 Å². The van der Waals surface area contributed by atoms with E-state index in [1.807, 2.05) is 24.1 Å². The van der Waals surface area contributed by atoms with Crippen molar-refractivity contribution in [2.24, 2.45) is 0 Å². The van der Waals surface area contributed by atoms with Crippen LogP contribution in [0.15, 0.2) is 29.2 Å². The molecule has 2 aromatic heterocycles. The van der Waals surface area contributed by atoms with Crippen LogP contribution < -0.4 is 5.56 Å². The number of likely N-dealkylation sites (N-methyl/N-ethyl adjacent to an activating group) is 1. The fourth-order valence-corrected chi connectivity index (χ4v) is 2.95. The number of hydrogen-bond donors (Lipinski definition) is 2. The number of nitrogens with zero attached hydrogens (tertiary/aromatic N) is 2. The molecule has 2 heterocycles. The van der Waals surface area contributed by atoms with Gasteiger partial charge in [0.2, 0.25) is 6.54 Å². The topological polar surface area (TPSA) is 82.5 Å². The van der Waals surface area contributed by atoms with Gasteiger partial charge >= 0.3 is 5.97 Å². The Hall–Kier alpha value is -3.55. The fraction of sp³-hybridized carbons (Fsp3) is 0.286. The highest BCUT2D eigenvalue weighted by atomic mass is 16.5. The van der Waals surface area contributed by atoms with Gasteiger partial charge in [-0.05, 0) is 32.2 Å². The summed E-state index contributed by atoms with van der Waals surface area (Å²) >= 11 is 0. The van der Waals surface area contributed by atoms with Crippen molar-refractivity contribution in [2.75, 3.05) is 33.3 Å².